The van der Waals surface area contributed by atoms with Crippen LogP contribution in [0, 0.1) is 6.92 Å². The molecule has 3 heterocycles. The zero-order valence-electron chi connectivity index (χ0n) is 15.2. The molecule has 1 saturated heterocycles. The van der Waals surface area contributed by atoms with Crippen molar-refractivity contribution in [3.8, 4) is 0 Å². The molecular weight excluding hydrogens is 382 g/mol. The number of hydrogen-bond donors (Lipinski definition) is 1. The summed E-state index contributed by atoms with van der Waals surface area (Å²) >= 11 is 0. The number of sulfonamides is 1. The molecule has 28 heavy (non-hydrogen) atoms. The van der Waals surface area contributed by atoms with E-state index < -0.39 is 10.0 Å². The Kier molecular flexibility index (Phi) is 4.56. The lowest BCUT2D eigenvalue weighted by atomic mass is 10.1. The number of furan rings is 1. The van der Waals surface area contributed by atoms with Gasteiger partial charge in [0, 0.05) is 43.1 Å². The van der Waals surface area contributed by atoms with Crippen molar-refractivity contribution in [2.45, 2.75) is 11.8 Å². The Balaban J connectivity index is 1.55. The van der Waals surface area contributed by atoms with Crippen LogP contribution in [0.5, 0.6) is 0 Å². The van der Waals surface area contributed by atoms with Crippen LogP contribution >= 0.6 is 0 Å². The normalized spacial score (nSPS) is 15.8. The van der Waals surface area contributed by atoms with E-state index >= 15 is 0 Å². The molecule has 9 heteroatoms. The summed E-state index contributed by atoms with van der Waals surface area (Å²) in [4.78, 5) is 28.4. The van der Waals surface area contributed by atoms with E-state index in [0.717, 1.165) is 0 Å². The molecule has 1 aliphatic rings. The van der Waals surface area contributed by atoms with Gasteiger partial charge < -0.3 is 14.3 Å². The number of carbonyl (C=O) groups is 1. The number of hydrogen-bond acceptors (Lipinski definition) is 5. The zero-order chi connectivity index (χ0) is 19.9. The number of piperazine rings is 1. The summed E-state index contributed by atoms with van der Waals surface area (Å²) < 4.78 is 32.6. The van der Waals surface area contributed by atoms with Crippen LogP contribution in [0.25, 0.3) is 10.9 Å². The van der Waals surface area contributed by atoms with Gasteiger partial charge in [0.15, 0.2) is 5.76 Å². The van der Waals surface area contributed by atoms with E-state index in [1.807, 2.05) is 0 Å². The van der Waals surface area contributed by atoms with Crippen molar-refractivity contribution in [1.29, 1.82) is 0 Å². The second-order valence-electron chi connectivity index (χ2n) is 6.70. The second-order valence-corrected chi connectivity index (χ2v) is 8.64. The first-order valence-corrected chi connectivity index (χ1v) is 10.3. The number of amides is 1. The number of aromatic nitrogens is 1. The van der Waals surface area contributed by atoms with Crippen LogP contribution in [0.4, 0.5) is 0 Å². The van der Waals surface area contributed by atoms with Gasteiger partial charge in [0.1, 0.15) is 0 Å². The highest BCUT2D eigenvalue weighted by Crippen LogP contribution is 2.23. The number of carbonyl (C=O) groups excluding carboxylic acids is 1. The summed E-state index contributed by atoms with van der Waals surface area (Å²) in [6.45, 7) is 2.76. The van der Waals surface area contributed by atoms with Gasteiger partial charge in [0.25, 0.3) is 5.91 Å². The topological polar surface area (TPSA) is 104 Å². The van der Waals surface area contributed by atoms with Crippen molar-refractivity contribution in [2.24, 2.45) is 0 Å². The molecule has 8 nitrogen and oxygen atoms in total. The van der Waals surface area contributed by atoms with Gasteiger partial charge in [0.2, 0.25) is 15.6 Å². The molecule has 2 aromatic heterocycles. The van der Waals surface area contributed by atoms with Crippen LogP contribution in [-0.4, -0.2) is 54.7 Å². The minimum Gasteiger partial charge on any atom is -0.459 e. The number of rotatable bonds is 3. The van der Waals surface area contributed by atoms with Gasteiger partial charge in [0.05, 0.1) is 11.2 Å². The minimum absolute atomic E-state index is 0.168. The molecule has 3 aromatic rings. The Morgan fingerprint density at radius 1 is 1.11 bits per heavy atom. The highest BCUT2D eigenvalue weighted by Gasteiger charge is 2.31. The fourth-order valence-electron chi connectivity index (χ4n) is 3.40. The Morgan fingerprint density at radius 2 is 1.86 bits per heavy atom. The number of aromatic amines is 1. The quantitative estimate of drug-likeness (QED) is 0.718. The third kappa shape index (κ3) is 3.23. The molecule has 0 atom stereocenters. The average Bonchev–Trinajstić information content (AvgIpc) is 3.22. The Morgan fingerprint density at radius 3 is 2.54 bits per heavy atom. The maximum Gasteiger partial charge on any atom is 0.289 e. The average molecular weight is 401 g/mol. The van der Waals surface area contributed by atoms with E-state index in [2.05, 4.69) is 4.98 Å². The van der Waals surface area contributed by atoms with Crippen molar-refractivity contribution in [3.63, 3.8) is 0 Å². The number of nitrogens with one attached hydrogen (secondary N) is 1. The van der Waals surface area contributed by atoms with Gasteiger partial charge in [-0.3, -0.25) is 9.59 Å². The Hall–Kier alpha value is -2.91. The highest BCUT2D eigenvalue weighted by molar-refractivity contribution is 7.89. The van der Waals surface area contributed by atoms with Gasteiger partial charge in [-0.1, -0.05) is 0 Å². The van der Waals surface area contributed by atoms with Crippen LogP contribution < -0.4 is 5.56 Å². The Labute approximate surface area is 161 Å². The summed E-state index contributed by atoms with van der Waals surface area (Å²) in [6, 6.07) is 9.35. The zero-order valence-corrected chi connectivity index (χ0v) is 16.0. The second kappa shape index (κ2) is 6.92. The molecule has 1 fully saturated rings. The summed E-state index contributed by atoms with van der Waals surface area (Å²) in [6.07, 6.45) is 1.43. The maximum absolute atomic E-state index is 13.0. The van der Waals surface area contributed by atoms with Crippen LogP contribution in [-0.2, 0) is 10.0 Å². The third-order valence-electron chi connectivity index (χ3n) is 4.92. The molecule has 0 saturated carbocycles. The molecule has 1 aromatic carbocycles. The van der Waals surface area contributed by atoms with Crippen LogP contribution in [0.15, 0.2) is 56.8 Å². The molecule has 0 bridgehead atoms. The van der Waals surface area contributed by atoms with Gasteiger partial charge in [-0.15, -0.1) is 0 Å². The third-order valence-corrected chi connectivity index (χ3v) is 6.81. The van der Waals surface area contributed by atoms with Crippen molar-refractivity contribution in [3.05, 3.63) is 64.3 Å². The van der Waals surface area contributed by atoms with Gasteiger partial charge in [-0.05, 0) is 42.8 Å². The van der Waals surface area contributed by atoms with Crippen LogP contribution in [0.2, 0.25) is 0 Å². The van der Waals surface area contributed by atoms with E-state index in [1.165, 1.54) is 22.7 Å². The largest absolute Gasteiger partial charge is 0.459 e. The van der Waals surface area contributed by atoms with E-state index in [9.17, 15) is 18.0 Å². The number of fused-ring (bicyclic) bond motifs is 1. The predicted octanol–water partition coefficient (Wildman–Crippen LogP) is 1.58. The summed E-state index contributed by atoms with van der Waals surface area (Å²) in [7, 11) is -3.70. The summed E-state index contributed by atoms with van der Waals surface area (Å²) in [5.41, 5.74) is 1.08. The van der Waals surface area contributed by atoms with Crippen LogP contribution in [0.1, 0.15) is 16.1 Å². The number of pyridine rings is 1. The van der Waals surface area contributed by atoms with Crippen molar-refractivity contribution in [1.82, 2.24) is 14.2 Å². The predicted molar refractivity (Wildman–Crippen MR) is 103 cm³/mol. The monoisotopic (exact) mass is 401 g/mol. The van der Waals surface area contributed by atoms with Gasteiger partial charge in [-0.2, -0.15) is 4.31 Å². The molecule has 4 rings (SSSR count). The smallest absolute Gasteiger partial charge is 0.289 e. The van der Waals surface area contributed by atoms with Crippen molar-refractivity contribution in [2.75, 3.05) is 26.2 Å². The molecule has 1 amide bonds. The summed E-state index contributed by atoms with van der Waals surface area (Å²) in [5, 5.41) is 0.687. The molecule has 1 N–H and O–H groups in total. The molecule has 146 valence electrons. The fraction of sp³-hybridized carbons (Fsp3) is 0.263. The lowest BCUT2D eigenvalue weighted by molar-refractivity contribution is 0.0666. The lowest BCUT2D eigenvalue weighted by Crippen LogP contribution is -2.50. The molecule has 0 aliphatic carbocycles. The molecule has 0 spiro atoms. The molecular formula is C19H19N3O5S. The van der Waals surface area contributed by atoms with E-state index in [4.69, 9.17) is 4.42 Å². The van der Waals surface area contributed by atoms with E-state index in [1.54, 1.807) is 36.1 Å². The molecule has 0 unspecified atom stereocenters. The van der Waals surface area contributed by atoms with Crippen molar-refractivity contribution < 1.29 is 17.6 Å². The fourth-order valence-corrected chi connectivity index (χ4v) is 4.85. The van der Waals surface area contributed by atoms with Crippen molar-refractivity contribution >= 4 is 26.8 Å². The molecule has 0 radical (unpaired) electrons. The van der Waals surface area contributed by atoms with Gasteiger partial charge >= 0.3 is 0 Å². The highest BCUT2D eigenvalue weighted by atomic mass is 32.2. The standard InChI is InChI=1S/C19H19N3O5S/c1-13-11-18(23)20-16-5-4-14(12-15(13)16)28(25,26)22-8-6-21(7-9-22)19(24)17-3-2-10-27-17/h2-5,10-12H,6-9H2,1H3,(H,20,23). The first-order valence-electron chi connectivity index (χ1n) is 8.83. The first-order chi connectivity index (χ1) is 13.4. The first kappa shape index (κ1) is 18.5. The van der Waals surface area contributed by atoms with Gasteiger partial charge in [-0.25, -0.2) is 8.42 Å². The number of benzene rings is 1. The maximum atomic E-state index is 13.0. The SMILES string of the molecule is Cc1cc(=O)[nH]c2ccc(S(=O)(=O)N3CCN(C(=O)c4ccco4)CC3)cc12. The lowest BCUT2D eigenvalue weighted by Gasteiger charge is -2.33. The van der Waals surface area contributed by atoms with E-state index in [0.29, 0.717) is 29.6 Å². The number of H-pyrrole nitrogens is 1. The summed E-state index contributed by atoms with van der Waals surface area (Å²) in [5.74, 6) is 0.00244. The number of aryl methyl sites for hydroxylation is 1. The Bertz CT molecular complexity index is 1190. The molecule has 1 aliphatic heterocycles. The minimum atomic E-state index is -3.70. The van der Waals surface area contributed by atoms with E-state index in [-0.39, 0.29) is 35.2 Å². The van der Waals surface area contributed by atoms with Crippen LogP contribution in [0.3, 0.4) is 0 Å². The number of nitrogens with zero attached hydrogens (tertiary/aromatic N) is 2.